The Labute approximate surface area is 137 Å². The van der Waals surface area contributed by atoms with Crippen LogP contribution in [0.3, 0.4) is 0 Å². The number of carbonyl (C=O) groups is 2. The third-order valence-corrected chi connectivity index (χ3v) is 4.52. The van der Waals surface area contributed by atoms with Crippen LogP contribution < -0.4 is 5.32 Å². The quantitative estimate of drug-likeness (QED) is 0.923. The van der Waals surface area contributed by atoms with Crippen molar-refractivity contribution in [2.24, 2.45) is 0 Å². The van der Waals surface area contributed by atoms with E-state index in [4.69, 9.17) is 5.26 Å². The van der Waals surface area contributed by atoms with E-state index >= 15 is 0 Å². The summed E-state index contributed by atoms with van der Waals surface area (Å²) in [4.78, 5) is 30.8. The number of nitrogens with zero attached hydrogens (tertiary/aromatic N) is 3. The fourth-order valence-electron chi connectivity index (χ4n) is 2.50. The first-order valence-corrected chi connectivity index (χ1v) is 8.03. The molecule has 1 N–H and O–H groups in total. The van der Waals surface area contributed by atoms with Crippen LogP contribution in [-0.2, 0) is 11.3 Å². The van der Waals surface area contributed by atoms with Gasteiger partial charge in [-0.15, -0.1) is 11.3 Å². The number of likely N-dealkylation sites (tertiary alicyclic amines) is 1. The molecule has 0 aromatic carbocycles. The zero-order valence-corrected chi connectivity index (χ0v) is 13.0. The van der Waals surface area contributed by atoms with E-state index in [0.717, 1.165) is 5.56 Å². The second kappa shape index (κ2) is 6.58. The second-order valence-electron chi connectivity index (χ2n) is 5.22. The maximum absolute atomic E-state index is 12.4. The summed E-state index contributed by atoms with van der Waals surface area (Å²) in [6.07, 6.45) is 2.12. The van der Waals surface area contributed by atoms with Crippen LogP contribution in [0.15, 0.2) is 35.8 Å². The number of nitrogens with one attached hydrogen (secondary N) is 1. The summed E-state index contributed by atoms with van der Waals surface area (Å²) >= 11 is 1.37. The largest absolute Gasteiger partial charge is 0.339 e. The molecule has 2 aromatic rings. The van der Waals surface area contributed by atoms with Crippen molar-refractivity contribution in [1.29, 1.82) is 5.26 Å². The number of aromatic nitrogens is 1. The summed E-state index contributed by atoms with van der Waals surface area (Å²) in [5.41, 5.74) is 1.24. The Balaban J connectivity index is 1.60. The summed E-state index contributed by atoms with van der Waals surface area (Å²) in [7, 11) is 0. The number of hydrogen-bond acceptors (Lipinski definition) is 5. The fourth-order valence-corrected chi connectivity index (χ4v) is 3.19. The van der Waals surface area contributed by atoms with Crippen LogP contribution in [0, 0.1) is 11.3 Å². The number of hydrogen-bond donors (Lipinski definition) is 1. The van der Waals surface area contributed by atoms with Gasteiger partial charge in [-0.1, -0.05) is 6.07 Å². The van der Waals surface area contributed by atoms with Gasteiger partial charge in [0.05, 0.1) is 0 Å². The molecule has 0 radical (unpaired) electrons. The van der Waals surface area contributed by atoms with Crippen molar-refractivity contribution in [2.75, 3.05) is 6.54 Å². The van der Waals surface area contributed by atoms with E-state index in [2.05, 4.69) is 16.4 Å². The second-order valence-corrected chi connectivity index (χ2v) is 6.13. The number of thiophene rings is 1. The average Bonchev–Trinajstić information content (AvgIpc) is 3.17. The molecule has 1 saturated heterocycles. The van der Waals surface area contributed by atoms with Gasteiger partial charge in [0.2, 0.25) is 5.91 Å². The predicted molar refractivity (Wildman–Crippen MR) is 84.6 cm³/mol. The molecule has 1 aliphatic heterocycles. The lowest BCUT2D eigenvalue weighted by molar-refractivity contribution is -0.129. The van der Waals surface area contributed by atoms with Crippen molar-refractivity contribution < 1.29 is 9.59 Å². The maximum atomic E-state index is 12.4. The summed E-state index contributed by atoms with van der Waals surface area (Å²) < 4.78 is 0. The van der Waals surface area contributed by atoms with E-state index in [0.29, 0.717) is 30.1 Å². The van der Waals surface area contributed by atoms with Gasteiger partial charge in [-0.05, 0) is 35.6 Å². The normalized spacial score (nSPS) is 17.1. The zero-order valence-electron chi connectivity index (χ0n) is 12.2. The molecule has 3 heterocycles. The van der Waals surface area contributed by atoms with Crippen LogP contribution in [-0.4, -0.2) is 34.3 Å². The van der Waals surface area contributed by atoms with Gasteiger partial charge in [-0.3, -0.25) is 14.6 Å². The molecule has 6 nitrogen and oxygen atoms in total. The summed E-state index contributed by atoms with van der Waals surface area (Å²) in [5, 5.41) is 13.5. The Hall–Kier alpha value is -2.72. The molecule has 0 spiro atoms. The highest BCUT2D eigenvalue weighted by molar-refractivity contribution is 7.10. The molecular formula is C16H14N4O2S. The predicted octanol–water partition coefficient (Wildman–Crippen LogP) is 1.55. The molecule has 0 aliphatic carbocycles. The highest BCUT2D eigenvalue weighted by Gasteiger charge is 2.33. The fraction of sp³-hybridized carbons (Fsp3) is 0.250. The van der Waals surface area contributed by atoms with Gasteiger partial charge in [0, 0.05) is 19.3 Å². The number of rotatable bonds is 4. The van der Waals surface area contributed by atoms with Crippen molar-refractivity contribution in [3.63, 3.8) is 0 Å². The minimum Gasteiger partial charge on any atom is -0.339 e. The number of nitriles is 1. The lowest BCUT2D eigenvalue weighted by Gasteiger charge is -2.16. The standard InChI is InChI=1S/C16H14N4O2S/c17-8-12-7-11(10-23-12)9-20-6-4-14(16(20)22)19-15(21)13-3-1-2-5-18-13/h1-3,5,7,10,14H,4,6,9H2,(H,19,21)/t14-/m0/s1. The molecule has 0 saturated carbocycles. The first kappa shape index (κ1) is 15.2. The molecular weight excluding hydrogens is 312 g/mol. The molecule has 7 heteroatoms. The van der Waals surface area contributed by atoms with Crippen molar-refractivity contribution in [3.05, 3.63) is 52.0 Å². The molecule has 0 bridgehead atoms. The van der Waals surface area contributed by atoms with Crippen LogP contribution in [0.25, 0.3) is 0 Å². The Morgan fingerprint density at radius 3 is 3.09 bits per heavy atom. The Morgan fingerprint density at radius 2 is 2.39 bits per heavy atom. The van der Waals surface area contributed by atoms with Crippen LogP contribution in [0.2, 0.25) is 0 Å². The monoisotopic (exact) mass is 326 g/mol. The number of amides is 2. The Kier molecular flexibility index (Phi) is 4.35. The minimum atomic E-state index is -0.515. The van der Waals surface area contributed by atoms with Crippen LogP contribution in [0.1, 0.15) is 27.3 Å². The van der Waals surface area contributed by atoms with E-state index in [1.807, 2.05) is 5.38 Å². The topological polar surface area (TPSA) is 86.1 Å². The molecule has 3 rings (SSSR count). The summed E-state index contributed by atoms with van der Waals surface area (Å²) in [6.45, 7) is 1.05. The molecule has 0 unspecified atom stereocenters. The van der Waals surface area contributed by atoms with Crippen LogP contribution in [0.4, 0.5) is 0 Å². The van der Waals surface area contributed by atoms with E-state index in [9.17, 15) is 9.59 Å². The van der Waals surface area contributed by atoms with Gasteiger partial charge in [-0.25, -0.2) is 0 Å². The Bertz CT molecular complexity index is 766. The van der Waals surface area contributed by atoms with Crippen molar-refractivity contribution in [1.82, 2.24) is 15.2 Å². The van der Waals surface area contributed by atoms with E-state index in [-0.39, 0.29) is 11.8 Å². The lowest BCUT2D eigenvalue weighted by atomic mass is 10.2. The summed E-state index contributed by atoms with van der Waals surface area (Å²) in [5.74, 6) is -0.438. The highest BCUT2D eigenvalue weighted by Crippen LogP contribution is 2.19. The molecule has 1 aliphatic rings. The molecule has 23 heavy (non-hydrogen) atoms. The van der Waals surface area contributed by atoms with Crippen molar-refractivity contribution >= 4 is 23.2 Å². The molecule has 116 valence electrons. The summed E-state index contributed by atoms with van der Waals surface area (Å²) in [6, 6.07) is 8.44. The molecule has 2 aromatic heterocycles. The van der Waals surface area contributed by atoms with E-state index in [1.54, 1.807) is 35.4 Å². The average molecular weight is 326 g/mol. The van der Waals surface area contributed by atoms with Gasteiger partial charge in [-0.2, -0.15) is 5.26 Å². The van der Waals surface area contributed by atoms with Gasteiger partial charge >= 0.3 is 0 Å². The first-order chi connectivity index (χ1) is 11.2. The highest BCUT2D eigenvalue weighted by atomic mass is 32.1. The van der Waals surface area contributed by atoms with Gasteiger partial charge in [0.1, 0.15) is 22.7 Å². The lowest BCUT2D eigenvalue weighted by Crippen LogP contribution is -2.41. The third kappa shape index (κ3) is 3.38. The molecule has 2 amide bonds. The van der Waals surface area contributed by atoms with E-state index < -0.39 is 6.04 Å². The van der Waals surface area contributed by atoms with Crippen molar-refractivity contribution in [3.8, 4) is 6.07 Å². The SMILES string of the molecule is N#Cc1cc(CN2CC[C@H](NC(=O)c3ccccn3)C2=O)cs1. The minimum absolute atomic E-state index is 0.0982. The molecule has 1 fully saturated rings. The van der Waals surface area contributed by atoms with Gasteiger partial charge in [0.15, 0.2) is 0 Å². The van der Waals surface area contributed by atoms with E-state index in [1.165, 1.54) is 11.3 Å². The third-order valence-electron chi connectivity index (χ3n) is 3.64. The first-order valence-electron chi connectivity index (χ1n) is 7.15. The Morgan fingerprint density at radius 1 is 1.52 bits per heavy atom. The molecule has 1 atom stereocenters. The van der Waals surface area contributed by atoms with Gasteiger partial charge in [0.25, 0.3) is 5.91 Å². The van der Waals surface area contributed by atoms with Gasteiger partial charge < -0.3 is 10.2 Å². The maximum Gasteiger partial charge on any atom is 0.270 e. The number of carbonyl (C=O) groups excluding carboxylic acids is 2. The van der Waals surface area contributed by atoms with Crippen LogP contribution in [0.5, 0.6) is 0 Å². The van der Waals surface area contributed by atoms with Crippen molar-refractivity contribution in [2.45, 2.75) is 19.0 Å². The zero-order chi connectivity index (χ0) is 16.2. The van der Waals surface area contributed by atoms with Crippen LogP contribution >= 0.6 is 11.3 Å². The number of pyridine rings is 1. The smallest absolute Gasteiger partial charge is 0.270 e.